The number of hydrogen-bond acceptors (Lipinski definition) is 4. The predicted molar refractivity (Wildman–Crippen MR) is 46.5 cm³/mol. The van der Waals surface area contributed by atoms with Gasteiger partial charge in [-0.2, -0.15) is 0 Å². The molecular weight excluding hydrogens is 303 g/mol. The number of rotatable bonds is 0. The molecule has 0 bridgehead atoms. The van der Waals surface area contributed by atoms with Gasteiger partial charge >= 0.3 is 48.9 Å². The number of aromatic nitrogens is 4. The molecule has 2 unspecified atom stereocenters. The van der Waals surface area contributed by atoms with Gasteiger partial charge in [0.2, 0.25) is 0 Å². The first kappa shape index (κ1) is 11.9. The van der Waals surface area contributed by atoms with Gasteiger partial charge in [0.05, 0.1) is 0 Å². The summed E-state index contributed by atoms with van der Waals surface area (Å²) in [6.07, 6.45) is 0. The second-order valence-electron chi connectivity index (χ2n) is 1.20. The molecule has 2 aromatic rings. The summed E-state index contributed by atoms with van der Waals surface area (Å²) in [4.78, 5) is 0. The van der Waals surface area contributed by atoms with E-state index in [1.807, 2.05) is 0 Å². The maximum Gasteiger partial charge on any atom is 2.00 e. The van der Waals surface area contributed by atoms with Gasteiger partial charge in [-0.1, -0.05) is 23.7 Å². The van der Waals surface area contributed by atoms with Crippen LogP contribution in [-0.2, 0) is 0 Å². The van der Waals surface area contributed by atoms with Crippen LogP contribution in [0.4, 0.5) is 0 Å². The van der Waals surface area contributed by atoms with Crippen molar-refractivity contribution in [2.24, 2.45) is 0 Å². The van der Waals surface area contributed by atoms with Crippen LogP contribution in [0.25, 0.3) is 0 Å². The minimum atomic E-state index is 0. The fourth-order valence-corrected chi connectivity index (χ4v) is 0.866. The molecule has 2 rings (SSSR count). The molecule has 0 N–H and O–H groups in total. The zero-order valence-electron chi connectivity index (χ0n) is 5.65. The maximum absolute atomic E-state index is 3.48. The maximum atomic E-state index is 3.48. The van der Waals surface area contributed by atoms with E-state index in [9.17, 15) is 0 Å². The smallest absolute Gasteiger partial charge is 0.281 e. The fourth-order valence-electron chi connectivity index (χ4n) is 0.289. The Bertz CT molecular complexity index is 159. The van der Waals surface area contributed by atoms with Crippen LogP contribution in [-0.4, -0.2) is 69.3 Å². The van der Waals surface area contributed by atoms with Crippen LogP contribution in [0.5, 0.6) is 0 Å². The number of nitrogens with zero attached hydrogens (tertiary/aromatic N) is 4. The Hall–Kier alpha value is 0.851. The van der Waals surface area contributed by atoms with Crippen molar-refractivity contribution in [3.05, 3.63) is 23.7 Å². The van der Waals surface area contributed by atoms with Crippen LogP contribution in [0.15, 0.2) is 11.9 Å². The molecule has 0 aromatic carbocycles. The van der Waals surface area contributed by atoms with Gasteiger partial charge in [-0.25, -0.2) is 0 Å². The molecule has 0 aliphatic heterocycles. The van der Waals surface area contributed by atoms with Gasteiger partial charge in [-0.3, -0.25) is 36.8 Å². The van der Waals surface area contributed by atoms with E-state index in [1.54, 1.807) is 11.9 Å². The molecule has 2 heterocycles. The van der Waals surface area contributed by atoms with Gasteiger partial charge in [0, 0.05) is 0 Å². The van der Waals surface area contributed by atoms with Crippen molar-refractivity contribution in [1.29, 1.82) is 0 Å². The third-order valence-electron chi connectivity index (χ3n) is 0.589. The van der Waals surface area contributed by atoms with Crippen molar-refractivity contribution in [3.8, 4) is 0 Å². The van der Waals surface area contributed by atoms with Crippen LogP contribution in [0.3, 0.4) is 0 Å². The van der Waals surface area contributed by atoms with Crippen molar-refractivity contribution >= 4 is 65.3 Å². The van der Waals surface area contributed by atoms with E-state index < -0.39 is 0 Å². The van der Waals surface area contributed by atoms with E-state index in [0.29, 0.717) is 16.4 Å². The summed E-state index contributed by atoms with van der Waals surface area (Å²) in [6, 6.07) is 0. The molecule has 52 valence electrons. The van der Waals surface area contributed by atoms with Gasteiger partial charge in [0.15, 0.2) is 0 Å². The summed E-state index contributed by atoms with van der Waals surface area (Å²) < 4.78 is 0. The minimum absolute atomic E-state index is 0. The van der Waals surface area contributed by atoms with Gasteiger partial charge < -0.3 is 0 Å². The largest absolute Gasteiger partial charge is 2.00 e. The van der Waals surface area contributed by atoms with Crippen LogP contribution in [0.2, 0.25) is 0 Å². The normalized spacial score (nSPS) is 8.73. The SMILES string of the molecule is [Ba+2].[c-]1nnc[pH]1.[c-]1nnc[pH]1. The third kappa shape index (κ3) is 7.22. The summed E-state index contributed by atoms with van der Waals surface area (Å²) >= 11 is 0. The Morgan fingerprint density at radius 1 is 0.909 bits per heavy atom. The zero-order valence-corrected chi connectivity index (χ0v) is 12.1. The fraction of sp³-hybridized carbons (Fsp3) is 0. The molecular formula is C4H4BaN4P2. The molecule has 4 nitrogen and oxygen atoms in total. The average Bonchev–Trinajstić information content (AvgIpc) is 2.67. The molecule has 0 radical (unpaired) electrons. The Kier molecular flexibility index (Phi) is 9.64. The standard InChI is InChI=1S/2C2H2N2P.Ba/c2*1-3-4-2-5-1;/h2*1,5H;/q2*-1;+2. The Labute approximate surface area is 108 Å². The minimum Gasteiger partial charge on any atom is -0.281 e. The van der Waals surface area contributed by atoms with Crippen LogP contribution >= 0.6 is 16.4 Å². The van der Waals surface area contributed by atoms with Gasteiger partial charge in [0.25, 0.3) is 0 Å². The average molecular weight is 307 g/mol. The van der Waals surface area contributed by atoms with Crippen LogP contribution < -0.4 is 0 Å². The summed E-state index contributed by atoms with van der Waals surface area (Å²) in [5.41, 5.74) is 0. The molecule has 2 atom stereocenters. The Morgan fingerprint density at radius 3 is 1.45 bits per heavy atom. The molecule has 11 heavy (non-hydrogen) atoms. The van der Waals surface area contributed by atoms with Gasteiger partial charge in [-0.05, 0) is 0 Å². The van der Waals surface area contributed by atoms with Crippen molar-refractivity contribution in [2.75, 3.05) is 0 Å². The molecule has 0 saturated heterocycles. The first-order valence-corrected chi connectivity index (χ1v) is 4.60. The second-order valence-corrected chi connectivity index (χ2v) is 2.74. The van der Waals surface area contributed by atoms with E-state index in [2.05, 4.69) is 32.3 Å². The molecule has 0 amide bonds. The van der Waals surface area contributed by atoms with Crippen molar-refractivity contribution in [1.82, 2.24) is 20.4 Å². The summed E-state index contributed by atoms with van der Waals surface area (Å²) in [6.45, 7) is 0. The van der Waals surface area contributed by atoms with E-state index in [1.165, 1.54) is 0 Å². The molecule has 0 fully saturated rings. The Balaban J connectivity index is 0.000000167. The van der Waals surface area contributed by atoms with E-state index in [-0.39, 0.29) is 48.9 Å². The third-order valence-corrected chi connectivity index (χ3v) is 1.54. The first-order valence-electron chi connectivity index (χ1n) is 2.44. The summed E-state index contributed by atoms with van der Waals surface area (Å²) in [5.74, 6) is 8.78. The molecule has 0 aliphatic rings. The van der Waals surface area contributed by atoms with E-state index in [4.69, 9.17) is 0 Å². The predicted octanol–water partition coefficient (Wildman–Crippen LogP) is 0.235. The Morgan fingerprint density at radius 2 is 1.36 bits per heavy atom. The first-order chi connectivity index (χ1) is 5.00. The number of hydrogen-bond donors (Lipinski definition) is 0. The monoisotopic (exact) mass is 308 g/mol. The van der Waals surface area contributed by atoms with Crippen molar-refractivity contribution in [3.63, 3.8) is 0 Å². The second kappa shape index (κ2) is 8.94. The molecule has 0 aliphatic carbocycles. The van der Waals surface area contributed by atoms with Crippen LogP contribution in [0.1, 0.15) is 0 Å². The molecule has 2 aromatic heterocycles. The van der Waals surface area contributed by atoms with Gasteiger partial charge in [0.1, 0.15) is 0 Å². The summed E-state index contributed by atoms with van der Waals surface area (Å²) in [5, 5.41) is 13.8. The van der Waals surface area contributed by atoms with Crippen molar-refractivity contribution < 1.29 is 0 Å². The van der Waals surface area contributed by atoms with Crippen molar-refractivity contribution in [2.45, 2.75) is 0 Å². The van der Waals surface area contributed by atoms with E-state index >= 15 is 0 Å². The zero-order chi connectivity index (χ0) is 7.07. The molecule has 7 heteroatoms. The van der Waals surface area contributed by atoms with Crippen LogP contribution in [0, 0.1) is 11.9 Å². The topological polar surface area (TPSA) is 51.6 Å². The van der Waals surface area contributed by atoms with E-state index in [0.717, 1.165) is 0 Å². The van der Waals surface area contributed by atoms with Gasteiger partial charge in [-0.15, -0.1) is 0 Å². The quantitative estimate of drug-likeness (QED) is 0.517. The molecule has 0 spiro atoms. The molecule has 0 saturated carbocycles. The summed E-state index contributed by atoms with van der Waals surface area (Å²) in [7, 11) is 1.20.